The van der Waals surface area contributed by atoms with E-state index in [0.29, 0.717) is 17.3 Å². The Morgan fingerprint density at radius 2 is 1.69 bits per heavy atom. The van der Waals surface area contributed by atoms with Crippen LogP contribution in [0.25, 0.3) is 0 Å². The summed E-state index contributed by atoms with van der Waals surface area (Å²) in [6.45, 7) is 8.18. The van der Waals surface area contributed by atoms with Crippen molar-refractivity contribution in [2.24, 2.45) is 11.3 Å². The molecule has 1 aliphatic rings. The molecule has 0 spiro atoms. The number of hydrogen-bond donors (Lipinski definition) is 1. The van der Waals surface area contributed by atoms with Gasteiger partial charge in [0.25, 0.3) is 14.9 Å². The highest BCUT2D eigenvalue weighted by Crippen LogP contribution is 2.43. The van der Waals surface area contributed by atoms with E-state index in [1.165, 1.54) is 21.7 Å². The zero-order valence-electron chi connectivity index (χ0n) is 20.7. The second-order valence-corrected chi connectivity index (χ2v) is 13.8. The van der Waals surface area contributed by atoms with Crippen LogP contribution in [0, 0.1) is 11.3 Å². The van der Waals surface area contributed by atoms with Crippen molar-refractivity contribution in [2.45, 2.75) is 33.5 Å². The third kappa shape index (κ3) is 5.47. The number of anilines is 1. The molecule has 1 aliphatic heterocycles. The molecule has 185 valence electrons. The molecule has 0 aliphatic carbocycles. The van der Waals surface area contributed by atoms with Crippen LogP contribution in [-0.2, 0) is 11.0 Å². The smallest absolute Gasteiger partial charge is 0.285 e. The Bertz CT molecular complexity index is 1230. The van der Waals surface area contributed by atoms with Crippen molar-refractivity contribution >= 4 is 53.1 Å². The molecule has 5 rings (SSSR count). The summed E-state index contributed by atoms with van der Waals surface area (Å²) < 4.78 is 7.05. The Balaban J connectivity index is 1.36. The molecule has 4 aromatic rings. The van der Waals surface area contributed by atoms with Gasteiger partial charge in [-0.3, -0.25) is 4.79 Å². The molecule has 0 bridgehead atoms. The summed E-state index contributed by atoms with van der Waals surface area (Å²) >= 11 is 3.06. The molecular formula is C28H30N3O2S2Si. The Kier molecular flexibility index (Phi) is 7.38. The molecule has 5 nitrogen and oxygen atoms in total. The normalized spacial score (nSPS) is 17.7. The highest BCUT2D eigenvalue weighted by Gasteiger charge is 2.48. The number of amides is 1. The zero-order chi connectivity index (χ0) is 25.1. The summed E-state index contributed by atoms with van der Waals surface area (Å²) in [5.41, 5.74) is 0.977. The second-order valence-electron chi connectivity index (χ2n) is 9.98. The van der Waals surface area contributed by atoms with Crippen LogP contribution in [0.1, 0.15) is 36.1 Å². The van der Waals surface area contributed by atoms with Crippen molar-refractivity contribution in [1.82, 2.24) is 10.3 Å². The van der Waals surface area contributed by atoms with Gasteiger partial charge in [0.15, 0.2) is 5.13 Å². The predicted octanol–water partition coefficient (Wildman–Crippen LogP) is 4.77. The number of carbonyl (C=O) groups excluding carboxylic acids is 1. The molecule has 3 heterocycles. The fraction of sp³-hybridized carbons (Fsp3) is 0.286. The Labute approximate surface area is 222 Å². The fourth-order valence-corrected chi connectivity index (χ4v) is 7.93. The van der Waals surface area contributed by atoms with Gasteiger partial charge in [-0.25, -0.2) is 4.98 Å². The number of thiophene rings is 1. The molecule has 1 fully saturated rings. The minimum atomic E-state index is -1.45. The number of rotatable bonds is 8. The Morgan fingerprint density at radius 1 is 1.03 bits per heavy atom. The first-order valence-electron chi connectivity index (χ1n) is 12.1. The van der Waals surface area contributed by atoms with E-state index in [1.807, 2.05) is 22.9 Å². The summed E-state index contributed by atoms with van der Waals surface area (Å²) in [7, 11) is -1.45. The van der Waals surface area contributed by atoms with E-state index in [2.05, 4.69) is 91.7 Å². The summed E-state index contributed by atoms with van der Waals surface area (Å²) in [5, 5.41) is 10.4. The first kappa shape index (κ1) is 24.9. The largest absolute Gasteiger partial charge is 0.387 e. The van der Waals surface area contributed by atoms with Gasteiger partial charge in [-0.15, -0.1) is 22.7 Å². The minimum absolute atomic E-state index is 0.0565. The summed E-state index contributed by atoms with van der Waals surface area (Å²) in [6.07, 6.45) is -0.0565. The number of thiazole rings is 1. The van der Waals surface area contributed by atoms with Gasteiger partial charge in [0.1, 0.15) is 6.23 Å². The van der Waals surface area contributed by atoms with Crippen LogP contribution in [0.4, 0.5) is 5.13 Å². The minimum Gasteiger partial charge on any atom is -0.387 e. The number of hydrogen-bond acceptors (Lipinski definition) is 6. The van der Waals surface area contributed by atoms with E-state index in [4.69, 9.17) is 9.41 Å². The first-order chi connectivity index (χ1) is 17.4. The maximum Gasteiger partial charge on any atom is 0.285 e. The van der Waals surface area contributed by atoms with Crippen LogP contribution in [-0.4, -0.2) is 32.7 Å². The van der Waals surface area contributed by atoms with Crippen LogP contribution in [0.2, 0.25) is 0 Å². The number of benzene rings is 2. The third-order valence-electron chi connectivity index (χ3n) is 6.43. The van der Waals surface area contributed by atoms with Gasteiger partial charge in [-0.1, -0.05) is 87.5 Å². The number of nitrogens with one attached hydrogen (secondary N) is 1. The van der Waals surface area contributed by atoms with Gasteiger partial charge in [0.2, 0.25) is 0 Å². The fourth-order valence-electron chi connectivity index (χ4n) is 4.30. The second kappa shape index (κ2) is 10.7. The molecule has 36 heavy (non-hydrogen) atoms. The zero-order valence-corrected chi connectivity index (χ0v) is 23.3. The first-order valence-corrected chi connectivity index (χ1v) is 15.2. The van der Waals surface area contributed by atoms with Crippen molar-refractivity contribution < 1.29 is 9.22 Å². The van der Waals surface area contributed by atoms with Crippen molar-refractivity contribution in [1.29, 1.82) is 0 Å². The molecule has 0 saturated carbocycles. The molecule has 2 unspecified atom stereocenters. The van der Waals surface area contributed by atoms with Gasteiger partial charge in [-0.05, 0) is 27.2 Å². The van der Waals surface area contributed by atoms with E-state index in [9.17, 15) is 4.79 Å². The Morgan fingerprint density at radius 3 is 2.28 bits per heavy atom. The summed E-state index contributed by atoms with van der Waals surface area (Å²) in [5.74, 6) is 0.325. The van der Waals surface area contributed by atoms with Crippen LogP contribution in [0.5, 0.6) is 0 Å². The lowest BCUT2D eigenvalue weighted by Gasteiger charge is -2.53. The number of aromatic nitrogens is 1. The maximum absolute atomic E-state index is 12.3. The van der Waals surface area contributed by atoms with E-state index in [1.54, 1.807) is 11.3 Å². The number of nitrogens with zero attached hydrogens (tertiary/aromatic N) is 2. The Hall–Kier alpha value is -2.78. The molecule has 1 N–H and O–H groups in total. The lowest BCUT2D eigenvalue weighted by Crippen LogP contribution is -2.65. The molecule has 1 saturated heterocycles. The molecule has 2 atom stereocenters. The van der Waals surface area contributed by atoms with Crippen LogP contribution in [0.15, 0.2) is 83.6 Å². The van der Waals surface area contributed by atoms with Crippen molar-refractivity contribution in [2.75, 3.05) is 11.4 Å². The molecule has 1 amide bonds. The molecular weight excluding hydrogens is 503 g/mol. The van der Waals surface area contributed by atoms with Crippen LogP contribution >= 0.6 is 22.7 Å². The average molecular weight is 533 g/mol. The highest BCUT2D eigenvalue weighted by molar-refractivity contribution is 7.13. The van der Waals surface area contributed by atoms with E-state index in [-0.39, 0.29) is 17.6 Å². The lowest BCUT2D eigenvalue weighted by atomic mass is 9.74. The maximum atomic E-state index is 12.3. The number of carbonyl (C=O) groups is 1. The standard InChI is InChI=1S/C28H30N3O2S2Si/c1-28(2,3)23-18-31(27-30-20(19-35-27)17-29-25(32)24-15-10-16-34-24)26(23)33-36(21-11-6-4-7-12-21)22-13-8-5-9-14-22/h4-16,19,23,26H,17-18H2,1-3H3,(H,29,32). The van der Waals surface area contributed by atoms with Gasteiger partial charge in [0, 0.05) is 17.8 Å². The average Bonchev–Trinajstić information content (AvgIpc) is 3.56. The van der Waals surface area contributed by atoms with E-state index in [0.717, 1.165) is 17.4 Å². The van der Waals surface area contributed by atoms with Gasteiger partial charge in [0.05, 0.1) is 17.1 Å². The lowest BCUT2D eigenvalue weighted by molar-refractivity contribution is 0.00495. The molecule has 1 radical (unpaired) electrons. The predicted molar refractivity (Wildman–Crippen MR) is 151 cm³/mol. The van der Waals surface area contributed by atoms with Crippen molar-refractivity contribution in [3.8, 4) is 0 Å². The summed E-state index contributed by atoms with van der Waals surface area (Å²) in [6, 6.07) is 24.9. The van der Waals surface area contributed by atoms with E-state index < -0.39 is 9.04 Å². The highest BCUT2D eigenvalue weighted by atomic mass is 32.1. The summed E-state index contributed by atoms with van der Waals surface area (Å²) in [4.78, 5) is 20.2. The molecule has 2 aromatic carbocycles. The van der Waals surface area contributed by atoms with Crippen LogP contribution < -0.4 is 20.6 Å². The monoisotopic (exact) mass is 532 g/mol. The van der Waals surface area contributed by atoms with Crippen molar-refractivity contribution in [3.05, 3.63) is 94.1 Å². The van der Waals surface area contributed by atoms with Crippen molar-refractivity contribution in [3.63, 3.8) is 0 Å². The van der Waals surface area contributed by atoms with Gasteiger partial charge in [-0.2, -0.15) is 0 Å². The molecule has 2 aromatic heterocycles. The SMILES string of the molecule is CC(C)(C)C1CN(c2nc(CNC(=O)c3cccs3)cs2)C1O[Si](c1ccccc1)c1ccccc1. The van der Waals surface area contributed by atoms with Crippen LogP contribution in [0.3, 0.4) is 0 Å². The quantitative estimate of drug-likeness (QED) is 0.332. The van der Waals surface area contributed by atoms with Gasteiger partial charge >= 0.3 is 0 Å². The van der Waals surface area contributed by atoms with Gasteiger partial charge < -0.3 is 14.6 Å². The molecule has 8 heteroatoms. The topological polar surface area (TPSA) is 54.5 Å². The van der Waals surface area contributed by atoms with E-state index >= 15 is 0 Å². The third-order valence-corrected chi connectivity index (χ3v) is 10.4.